The van der Waals surface area contributed by atoms with E-state index in [0.29, 0.717) is 43.0 Å². The molecule has 0 amide bonds. The molecular weight excluding hydrogens is 528 g/mol. The Balaban J connectivity index is 1.32. The molecule has 1 aromatic heterocycles. The van der Waals surface area contributed by atoms with Crippen molar-refractivity contribution >= 4 is 42.5 Å². The predicted molar refractivity (Wildman–Crippen MR) is 141 cm³/mol. The fraction of sp³-hybridized carbons (Fsp3) is 0.231. The van der Waals surface area contributed by atoms with E-state index in [0.717, 1.165) is 27.8 Å². The molecule has 9 heteroatoms. The maximum Gasteiger partial charge on any atom is 0.246 e. The third-order valence-electron chi connectivity index (χ3n) is 6.10. The molecule has 2 heterocycles. The molecular formula is C26H25BrN4O3S. The Kier molecular flexibility index (Phi) is 6.73. The van der Waals surface area contributed by atoms with Crippen LogP contribution in [0.25, 0.3) is 22.0 Å². The molecule has 0 N–H and O–H groups in total. The first-order chi connectivity index (χ1) is 17.0. The summed E-state index contributed by atoms with van der Waals surface area (Å²) in [6, 6.07) is 23.4. The minimum atomic E-state index is -3.69. The molecule has 4 aromatic rings. The average molecular weight is 553 g/mol. The first kappa shape index (κ1) is 23.7. The van der Waals surface area contributed by atoms with Gasteiger partial charge in [-0.05, 0) is 48.0 Å². The van der Waals surface area contributed by atoms with Gasteiger partial charge in [-0.15, -0.1) is 10.2 Å². The van der Waals surface area contributed by atoms with Crippen molar-refractivity contribution < 1.29 is 13.2 Å². The minimum absolute atomic E-state index is 0.182. The molecule has 180 valence electrons. The standard InChI is InChI=1S/C26H25BrN4O3S/c1-2-34-24-12-10-20(27)18-25(24)35(32,33)31-16-14-30(15-17-31)26-13-11-23(28-29-26)22-9-5-7-19-6-3-4-8-21(19)22/h3-13,18H,2,14-17H2,1H3. The van der Waals surface area contributed by atoms with Crippen molar-refractivity contribution in [3.8, 4) is 17.0 Å². The zero-order chi connectivity index (χ0) is 24.4. The van der Waals surface area contributed by atoms with Gasteiger partial charge >= 0.3 is 0 Å². The molecule has 0 aliphatic carbocycles. The van der Waals surface area contributed by atoms with Crippen molar-refractivity contribution in [1.82, 2.24) is 14.5 Å². The quantitative estimate of drug-likeness (QED) is 0.336. The van der Waals surface area contributed by atoms with Gasteiger partial charge in [0.2, 0.25) is 10.0 Å². The van der Waals surface area contributed by atoms with Gasteiger partial charge in [0.15, 0.2) is 5.82 Å². The molecule has 0 bridgehead atoms. The lowest BCUT2D eigenvalue weighted by atomic mass is 10.0. The summed E-state index contributed by atoms with van der Waals surface area (Å²) >= 11 is 3.38. The molecule has 1 aliphatic heterocycles. The van der Waals surface area contributed by atoms with Crippen LogP contribution in [0.2, 0.25) is 0 Å². The highest BCUT2D eigenvalue weighted by Gasteiger charge is 2.31. The summed E-state index contributed by atoms with van der Waals surface area (Å²) in [7, 11) is -3.69. The molecule has 0 saturated carbocycles. The number of nitrogens with zero attached hydrogens (tertiary/aromatic N) is 4. The average Bonchev–Trinajstić information content (AvgIpc) is 2.89. The van der Waals surface area contributed by atoms with Crippen LogP contribution in [-0.4, -0.2) is 55.7 Å². The zero-order valence-electron chi connectivity index (χ0n) is 19.3. The van der Waals surface area contributed by atoms with Gasteiger partial charge in [-0.1, -0.05) is 58.4 Å². The third-order valence-corrected chi connectivity index (χ3v) is 8.52. The molecule has 0 spiro atoms. The SMILES string of the molecule is CCOc1ccc(Br)cc1S(=O)(=O)N1CCN(c2ccc(-c3cccc4ccccc34)nn2)CC1. The number of benzene rings is 3. The van der Waals surface area contributed by atoms with Crippen LogP contribution in [0.3, 0.4) is 0 Å². The number of hydrogen-bond donors (Lipinski definition) is 0. The van der Waals surface area contributed by atoms with Gasteiger partial charge in [-0.25, -0.2) is 8.42 Å². The van der Waals surface area contributed by atoms with E-state index in [2.05, 4.69) is 49.2 Å². The van der Waals surface area contributed by atoms with Gasteiger partial charge in [-0.2, -0.15) is 4.31 Å². The highest BCUT2D eigenvalue weighted by molar-refractivity contribution is 9.10. The minimum Gasteiger partial charge on any atom is -0.492 e. The Morgan fingerprint density at radius 1 is 0.914 bits per heavy atom. The number of ether oxygens (including phenoxy) is 1. The molecule has 1 aliphatic rings. The summed E-state index contributed by atoms with van der Waals surface area (Å²) in [6.07, 6.45) is 0. The molecule has 0 atom stereocenters. The zero-order valence-corrected chi connectivity index (χ0v) is 21.7. The Morgan fingerprint density at radius 3 is 2.43 bits per heavy atom. The lowest BCUT2D eigenvalue weighted by molar-refractivity contribution is 0.327. The number of sulfonamides is 1. The molecule has 5 rings (SSSR count). The lowest BCUT2D eigenvalue weighted by Crippen LogP contribution is -2.49. The number of halogens is 1. The van der Waals surface area contributed by atoms with Crippen LogP contribution >= 0.6 is 15.9 Å². The number of rotatable bonds is 6. The second kappa shape index (κ2) is 9.93. The van der Waals surface area contributed by atoms with Gasteiger partial charge in [0.25, 0.3) is 0 Å². The fourth-order valence-electron chi connectivity index (χ4n) is 4.34. The van der Waals surface area contributed by atoms with Crippen LogP contribution in [0.5, 0.6) is 5.75 Å². The van der Waals surface area contributed by atoms with Crippen molar-refractivity contribution in [2.45, 2.75) is 11.8 Å². The van der Waals surface area contributed by atoms with E-state index >= 15 is 0 Å². The summed E-state index contributed by atoms with van der Waals surface area (Å²) in [5, 5.41) is 11.2. The smallest absolute Gasteiger partial charge is 0.246 e. The van der Waals surface area contributed by atoms with Crippen LogP contribution in [-0.2, 0) is 10.0 Å². The number of piperazine rings is 1. The Hall–Kier alpha value is -3.01. The van der Waals surface area contributed by atoms with E-state index in [1.807, 2.05) is 43.3 Å². The van der Waals surface area contributed by atoms with Gasteiger partial charge in [-0.3, -0.25) is 0 Å². The Bertz CT molecular complexity index is 1450. The fourth-order valence-corrected chi connectivity index (χ4v) is 6.43. The van der Waals surface area contributed by atoms with Crippen molar-refractivity contribution in [2.75, 3.05) is 37.7 Å². The molecule has 1 fully saturated rings. The summed E-state index contributed by atoms with van der Waals surface area (Å²) in [5.41, 5.74) is 1.85. The molecule has 1 saturated heterocycles. The maximum atomic E-state index is 13.4. The normalized spacial score (nSPS) is 14.9. The second-order valence-electron chi connectivity index (χ2n) is 8.22. The van der Waals surface area contributed by atoms with E-state index in [1.165, 1.54) is 4.31 Å². The number of hydrogen-bond acceptors (Lipinski definition) is 6. The highest BCUT2D eigenvalue weighted by atomic mass is 79.9. The highest BCUT2D eigenvalue weighted by Crippen LogP contribution is 2.31. The van der Waals surface area contributed by atoms with E-state index in [4.69, 9.17) is 4.74 Å². The monoisotopic (exact) mass is 552 g/mol. The molecule has 3 aromatic carbocycles. The van der Waals surface area contributed by atoms with Crippen LogP contribution < -0.4 is 9.64 Å². The van der Waals surface area contributed by atoms with E-state index in [9.17, 15) is 8.42 Å². The van der Waals surface area contributed by atoms with Crippen LogP contribution in [0.1, 0.15) is 6.92 Å². The summed E-state index contributed by atoms with van der Waals surface area (Å²) in [6.45, 7) is 3.99. The number of fused-ring (bicyclic) bond motifs is 1. The molecule has 35 heavy (non-hydrogen) atoms. The first-order valence-corrected chi connectivity index (χ1v) is 13.7. The van der Waals surface area contributed by atoms with Crippen LogP contribution in [0, 0.1) is 0 Å². The van der Waals surface area contributed by atoms with Crippen molar-refractivity contribution in [2.24, 2.45) is 0 Å². The van der Waals surface area contributed by atoms with E-state index in [-0.39, 0.29) is 4.90 Å². The predicted octanol–water partition coefficient (Wildman–Crippen LogP) is 4.97. The third kappa shape index (κ3) is 4.76. The van der Waals surface area contributed by atoms with Crippen molar-refractivity contribution in [1.29, 1.82) is 0 Å². The topological polar surface area (TPSA) is 75.6 Å². The van der Waals surface area contributed by atoms with Crippen LogP contribution in [0.4, 0.5) is 5.82 Å². The summed E-state index contributed by atoms with van der Waals surface area (Å²) in [5.74, 6) is 1.11. The van der Waals surface area contributed by atoms with Gasteiger partial charge < -0.3 is 9.64 Å². The number of aromatic nitrogens is 2. The maximum absolute atomic E-state index is 13.4. The summed E-state index contributed by atoms with van der Waals surface area (Å²) < 4.78 is 34.5. The van der Waals surface area contributed by atoms with Crippen LogP contribution in [0.15, 0.2) is 82.2 Å². The van der Waals surface area contributed by atoms with Gasteiger partial charge in [0, 0.05) is 36.2 Å². The van der Waals surface area contributed by atoms with Gasteiger partial charge in [0.05, 0.1) is 12.3 Å². The van der Waals surface area contributed by atoms with E-state index < -0.39 is 10.0 Å². The molecule has 7 nitrogen and oxygen atoms in total. The van der Waals surface area contributed by atoms with Gasteiger partial charge in [0.1, 0.15) is 10.6 Å². The Morgan fingerprint density at radius 2 is 1.69 bits per heavy atom. The Labute approximate surface area is 213 Å². The largest absolute Gasteiger partial charge is 0.492 e. The second-order valence-corrected chi connectivity index (χ2v) is 11.0. The van der Waals surface area contributed by atoms with Crippen molar-refractivity contribution in [3.05, 3.63) is 77.3 Å². The summed E-state index contributed by atoms with van der Waals surface area (Å²) in [4.78, 5) is 2.25. The number of anilines is 1. The van der Waals surface area contributed by atoms with Crippen molar-refractivity contribution in [3.63, 3.8) is 0 Å². The molecule has 0 unspecified atom stereocenters. The lowest BCUT2D eigenvalue weighted by Gasteiger charge is -2.34. The molecule has 0 radical (unpaired) electrons. The van der Waals surface area contributed by atoms with E-state index in [1.54, 1.807) is 18.2 Å². The first-order valence-electron chi connectivity index (χ1n) is 11.5.